The maximum atomic E-state index is 14.3. The number of sulfone groups is 2. The summed E-state index contributed by atoms with van der Waals surface area (Å²) < 4.78 is 107. The minimum Gasteiger partial charge on any atom is -0.373 e. The van der Waals surface area contributed by atoms with Crippen LogP contribution in [-0.4, -0.2) is 39.4 Å². The SMILES string of the molecule is CC1(S(=O)(=O)c2cccc(C(F)(F)F)n2)CCOC(c2ccc(S(C)(=O)=O)c(F)c2)C1. The van der Waals surface area contributed by atoms with E-state index in [1.165, 1.54) is 13.0 Å². The van der Waals surface area contributed by atoms with Gasteiger partial charge in [0.05, 0.1) is 10.9 Å². The highest BCUT2D eigenvalue weighted by Crippen LogP contribution is 2.42. The van der Waals surface area contributed by atoms with E-state index in [-0.39, 0.29) is 25.0 Å². The summed E-state index contributed by atoms with van der Waals surface area (Å²) in [6, 6.07) is 6.01. The van der Waals surface area contributed by atoms with Gasteiger partial charge in [0.25, 0.3) is 0 Å². The first-order valence-corrected chi connectivity index (χ1v) is 12.4. The molecule has 2 aromatic rings. The Kier molecular flexibility index (Phi) is 5.96. The van der Waals surface area contributed by atoms with E-state index in [1.54, 1.807) is 0 Å². The van der Waals surface area contributed by atoms with E-state index in [0.29, 0.717) is 6.07 Å². The van der Waals surface area contributed by atoms with Gasteiger partial charge in [-0.1, -0.05) is 12.1 Å². The lowest BCUT2D eigenvalue weighted by atomic mass is 9.92. The van der Waals surface area contributed by atoms with E-state index in [2.05, 4.69) is 4.98 Å². The largest absolute Gasteiger partial charge is 0.433 e. The summed E-state index contributed by atoms with van der Waals surface area (Å²) in [5, 5.41) is -0.705. The van der Waals surface area contributed by atoms with Gasteiger partial charge in [-0.2, -0.15) is 13.2 Å². The number of hydrogen-bond donors (Lipinski definition) is 0. The molecule has 2 heterocycles. The first kappa shape index (κ1) is 23.6. The van der Waals surface area contributed by atoms with E-state index >= 15 is 0 Å². The molecule has 0 spiro atoms. The predicted octanol–water partition coefficient (Wildman–Crippen LogP) is 3.73. The van der Waals surface area contributed by atoms with Crippen LogP contribution in [0.4, 0.5) is 17.6 Å². The highest BCUT2D eigenvalue weighted by molar-refractivity contribution is 7.92. The Morgan fingerprint density at radius 2 is 1.81 bits per heavy atom. The molecular formula is C19H19F4NO5S2. The maximum absolute atomic E-state index is 14.3. The molecule has 1 aromatic heterocycles. The number of ether oxygens (including phenoxy) is 1. The fraction of sp³-hybridized carbons (Fsp3) is 0.421. The highest BCUT2D eigenvalue weighted by Gasteiger charge is 2.46. The van der Waals surface area contributed by atoms with Gasteiger partial charge in [0.1, 0.15) is 16.4 Å². The van der Waals surface area contributed by atoms with Crippen molar-refractivity contribution in [3.63, 3.8) is 0 Å². The summed E-state index contributed by atoms with van der Waals surface area (Å²) in [6.45, 7) is 1.33. The molecule has 1 aliphatic heterocycles. The van der Waals surface area contributed by atoms with Crippen molar-refractivity contribution in [2.45, 2.75) is 46.7 Å². The Balaban J connectivity index is 1.96. The number of benzene rings is 1. The molecule has 2 unspecified atom stereocenters. The van der Waals surface area contributed by atoms with E-state index in [1.807, 2.05) is 0 Å². The third kappa shape index (κ3) is 4.60. The fourth-order valence-electron chi connectivity index (χ4n) is 3.42. The van der Waals surface area contributed by atoms with Crippen LogP contribution in [-0.2, 0) is 30.6 Å². The normalized spacial score (nSPS) is 23.0. The zero-order valence-corrected chi connectivity index (χ0v) is 18.1. The van der Waals surface area contributed by atoms with Crippen molar-refractivity contribution >= 4 is 19.7 Å². The fourth-order valence-corrected chi connectivity index (χ4v) is 5.85. The standard InChI is InChI=1S/C19H19F4NO5S2/c1-18(31(27,28)17-5-3-4-16(24-17)19(21,22)23)8-9-29-14(11-18)12-6-7-15(13(20)10-12)30(2,25)26/h3-7,10,14H,8-9,11H2,1-2H3. The summed E-state index contributed by atoms with van der Waals surface area (Å²) in [4.78, 5) is 2.80. The molecular weight excluding hydrogens is 462 g/mol. The minimum atomic E-state index is -4.80. The third-order valence-electron chi connectivity index (χ3n) is 5.23. The molecule has 2 atom stereocenters. The number of alkyl halides is 3. The van der Waals surface area contributed by atoms with Gasteiger partial charge >= 0.3 is 6.18 Å². The van der Waals surface area contributed by atoms with Crippen LogP contribution in [0.5, 0.6) is 0 Å². The molecule has 0 radical (unpaired) electrons. The maximum Gasteiger partial charge on any atom is 0.433 e. The molecule has 0 amide bonds. The molecule has 6 nitrogen and oxygen atoms in total. The Bertz CT molecular complexity index is 1210. The van der Waals surface area contributed by atoms with Crippen LogP contribution in [0.1, 0.15) is 37.1 Å². The molecule has 12 heteroatoms. The van der Waals surface area contributed by atoms with E-state index in [0.717, 1.165) is 30.5 Å². The smallest absolute Gasteiger partial charge is 0.373 e. The van der Waals surface area contributed by atoms with Crippen LogP contribution >= 0.6 is 0 Å². The molecule has 1 saturated heterocycles. The van der Waals surface area contributed by atoms with Crippen molar-refractivity contribution < 1.29 is 39.1 Å². The Labute approximate surface area is 177 Å². The van der Waals surface area contributed by atoms with Crippen LogP contribution in [0.2, 0.25) is 0 Å². The second kappa shape index (κ2) is 7.82. The topological polar surface area (TPSA) is 90.4 Å². The zero-order valence-electron chi connectivity index (χ0n) is 16.5. The average molecular weight is 481 g/mol. The molecule has 0 aliphatic carbocycles. The van der Waals surface area contributed by atoms with Gasteiger partial charge < -0.3 is 4.74 Å². The lowest BCUT2D eigenvalue weighted by molar-refractivity contribution is -0.141. The molecule has 1 fully saturated rings. The molecule has 3 rings (SSSR count). The summed E-state index contributed by atoms with van der Waals surface area (Å²) in [7, 11) is -8.10. The van der Waals surface area contributed by atoms with Gasteiger partial charge in [0, 0.05) is 12.9 Å². The van der Waals surface area contributed by atoms with Gasteiger partial charge in [-0.25, -0.2) is 26.2 Å². The lowest BCUT2D eigenvalue weighted by Crippen LogP contribution is -2.42. The molecule has 0 bridgehead atoms. The first-order chi connectivity index (χ1) is 14.1. The van der Waals surface area contributed by atoms with Crippen LogP contribution in [0, 0.1) is 5.82 Å². The Morgan fingerprint density at radius 3 is 2.39 bits per heavy atom. The second-order valence-electron chi connectivity index (χ2n) is 7.59. The molecule has 0 saturated carbocycles. The quantitative estimate of drug-likeness (QED) is 0.619. The highest BCUT2D eigenvalue weighted by atomic mass is 32.2. The van der Waals surface area contributed by atoms with Crippen molar-refractivity contribution in [3.8, 4) is 0 Å². The number of rotatable bonds is 4. The second-order valence-corrected chi connectivity index (χ2v) is 12.0. The minimum absolute atomic E-state index is 0.00629. The molecule has 1 aliphatic rings. The molecule has 1 aromatic carbocycles. The Morgan fingerprint density at radius 1 is 1.13 bits per heavy atom. The predicted molar refractivity (Wildman–Crippen MR) is 102 cm³/mol. The van der Waals surface area contributed by atoms with Gasteiger partial charge in [0.15, 0.2) is 14.9 Å². The Hall–Kier alpha value is -2.05. The van der Waals surface area contributed by atoms with Crippen LogP contribution < -0.4 is 0 Å². The molecule has 31 heavy (non-hydrogen) atoms. The first-order valence-electron chi connectivity index (χ1n) is 9.05. The summed E-state index contributed by atoms with van der Waals surface area (Å²) >= 11 is 0. The van der Waals surface area contributed by atoms with Gasteiger partial charge in [-0.3, -0.25) is 0 Å². The van der Waals surface area contributed by atoms with Crippen molar-refractivity contribution in [1.29, 1.82) is 0 Å². The van der Waals surface area contributed by atoms with Crippen LogP contribution in [0.25, 0.3) is 0 Å². The van der Waals surface area contributed by atoms with Gasteiger partial charge in [0.2, 0.25) is 9.84 Å². The lowest BCUT2D eigenvalue weighted by Gasteiger charge is -2.37. The number of pyridine rings is 1. The number of halogens is 4. The van der Waals surface area contributed by atoms with Crippen molar-refractivity contribution in [1.82, 2.24) is 4.98 Å². The average Bonchev–Trinajstić information content (AvgIpc) is 2.66. The third-order valence-corrected chi connectivity index (χ3v) is 8.81. The van der Waals surface area contributed by atoms with Crippen molar-refractivity contribution in [3.05, 3.63) is 53.5 Å². The van der Waals surface area contributed by atoms with Crippen LogP contribution in [0.15, 0.2) is 46.3 Å². The van der Waals surface area contributed by atoms with Gasteiger partial charge in [-0.05, 0) is 49.6 Å². The number of nitrogens with zero attached hydrogens (tertiary/aromatic N) is 1. The van der Waals surface area contributed by atoms with E-state index in [9.17, 15) is 34.4 Å². The monoisotopic (exact) mass is 481 g/mol. The summed E-state index contributed by atoms with van der Waals surface area (Å²) in [5.74, 6) is -1.00. The summed E-state index contributed by atoms with van der Waals surface area (Å²) in [6.07, 6.45) is -5.03. The summed E-state index contributed by atoms with van der Waals surface area (Å²) in [5.41, 5.74) is -1.10. The van der Waals surface area contributed by atoms with Gasteiger partial charge in [-0.15, -0.1) is 0 Å². The molecule has 0 N–H and O–H groups in total. The van der Waals surface area contributed by atoms with E-state index < -0.39 is 58.1 Å². The zero-order chi connectivity index (χ0) is 23.2. The number of hydrogen-bond acceptors (Lipinski definition) is 6. The van der Waals surface area contributed by atoms with Crippen molar-refractivity contribution in [2.24, 2.45) is 0 Å². The van der Waals surface area contributed by atoms with Crippen LogP contribution in [0.3, 0.4) is 0 Å². The number of aromatic nitrogens is 1. The molecule has 170 valence electrons. The van der Waals surface area contributed by atoms with Crippen molar-refractivity contribution in [2.75, 3.05) is 12.9 Å². The van der Waals surface area contributed by atoms with E-state index in [4.69, 9.17) is 4.74 Å².